The predicted octanol–water partition coefficient (Wildman–Crippen LogP) is 2.80. The third-order valence-electron chi connectivity index (χ3n) is 3.18. The van der Waals surface area contributed by atoms with Crippen molar-refractivity contribution in [2.75, 3.05) is 25.0 Å². The Balaban J connectivity index is 2.76. The molecule has 0 fully saturated rings. The monoisotopic (exact) mass is 261 g/mol. The Hall–Kier alpha value is -1.73. The van der Waals surface area contributed by atoms with Crippen LogP contribution in [0.25, 0.3) is 0 Å². The highest BCUT2D eigenvalue weighted by Crippen LogP contribution is 2.28. The van der Waals surface area contributed by atoms with E-state index in [-0.39, 0.29) is 6.04 Å². The van der Waals surface area contributed by atoms with Gasteiger partial charge in [0.1, 0.15) is 5.75 Å². The molecule has 104 valence electrons. The van der Waals surface area contributed by atoms with Gasteiger partial charge in [0.2, 0.25) is 0 Å². The van der Waals surface area contributed by atoms with Crippen molar-refractivity contribution >= 4 is 5.69 Å². The molecular formula is C15H23N3O. The fraction of sp³-hybridized carbons (Fsp3) is 0.533. The van der Waals surface area contributed by atoms with Crippen molar-refractivity contribution in [1.82, 2.24) is 5.32 Å². The van der Waals surface area contributed by atoms with Gasteiger partial charge in [0, 0.05) is 37.0 Å². The van der Waals surface area contributed by atoms with E-state index >= 15 is 0 Å². The Bertz CT molecular complexity index is 440. The molecule has 2 N–H and O–H groups in total. The first-order valence-electron chi connectivity index (χ1n) is 6.74. The lowest BCUT2D eigenvalue weighted by Crippen LogP contribution is -2.20. The molecule has 0 aliphatic carbocycles. The lowest BCUT2D eigenvalue weighted by molar-refractivity contribution is 0.452. The SMILES string of the molecule is CCCNC(C)c1ccc(N(C)CCC#N)cc1O. The minimum Gasteiger partial charge on any atom is -0.508 e. The summed E-state index contributed by atoms with van der Waals surface area (Å²) in [7, 11) is 1.92. The number of nitrogens with zero attached hydrogens (tertiary/aromatic N) is 2. The molecule has 0 spiro atoms. The number of nitriles is 1. The number of phenols is 1. The Morgan fingerprint density at radius 2 is 2.21 bits per heavy atom. The van der Waals surface area contributed by atoms with E-state index in [4.69, 9.17) is 5.26 Å². The van der Waals surface area contributed by atoms with Crippen LogP contribution in [0.5, 0.6) is 5.75 Å². The van der Waals surface area contributed by atoms with Gasteiger partial charge in [-0.25, -0.2) is 0 Å². The van der Waals surface area contributed by atoms with E-state index in [2.05, 4.69) is 18.3 Å². The second-order valence-corrected chi connectivity index (χ2v) is 4.75. The topological polar surface area (TPSA) is 59.3 Å². The standard InChI is InChI=1S/C15H23N3O/c1-4-9-17-12(2)14-7-6-13(11-15(14)19)18(3)10-5-8-16/h6-7,11-12,17,19H,4-5,9-10H2,1-3H3. The quantitative estimate of drug-likeness (QED) is 0.792. The van der Waals surface area contributed by atoms with Crippen LogP contribution in [0.4, 0.5) is 5.69 Å². The smallest absolute Gasteiger partial charge is 0.122 e. The maximum atomic E-state index is 10.1. The molecule has 0 heterocycles. The normalized spacial score (nSPS) is 11.9. The Kier molecular flexibility index (Phi) is 6.17. The molecule has 1 atom stereocenters. The molecule has 0 bridgehead atoms. The number of phenolic OH excluding ortho intramolecular Hbond substituents is 1. The lowest BCUT2D eigenvalue weighted by atomic mass is 10.1. The molecule has 0 aliphatic heterocycles. The molecule has 1 aromatic carbocycles. The number of nitrogens with one attached hydrogen (secondary N) is 1. The highest BCUT2D eigenvalue weighted by molar-refractivity contribution is 5.53. The van der Waals surface area contributed by atoms with E-state index in [9.17, 15) is 5.11 Å². The van der Waals surface area contributed by atoms with Crippen LogP contribution in [0, 0.1) is 11.3 Å². The van der Waals surface area contributed by atoms with Gasteiger partial charge in [-0.05, 0) is 26.0 Å². The highest BCUT2D eigenvalue weighted by atomic mass is 16.3. The minimum absolute atomic E-state index is 0.137. The van der Waals surface area contributed by atoms with Crippen LogP contribution in [0.2, 0.25) is 0 Å². The van der Waals surface area contributed by atoms with Crippen LogP contribution >= 0.6 is 0 Å². The molecule has 0 amide bonds. The summed E-state index contributed by atoms with van der Waals surface area (Å²) in [6.07, 6.45) is 1.55. The first-order chi connectivity index (χ1) is 9.10. The van der Waals surface area contributed by atoms with Gasteiger partial charge >= 0.3 is 0 Å². The molecule has 0 aromatic heterocycles. The van der Waals surface area contributed by atoms with E-state index in [0.29, 0.717) is 18.7 Å². The number of benzene rings is 1. The summed E-state index contributed by atoms with van der Waals surface area (Å²) < 4.78 is 0. The van der Waals surface area contributed by atoms with Crippen LogP contribution in [0.15, 0.2) is 18.2 Å². The zero-order valence-electron chi connectivity index (χ0n) is 12.0. The molecule has 0 radical (unpaired) electrons. The van der Waals surface area contributed by atoms with Gasteiger partial charge in [-0.15, -0.1) is 0 Å². The lowest BCUT2D eigenvalue weighted by Gasteiger charge is -2.20. The van der Waals surface area contributed by atoms with Crippen molar-refractivity contribution < 1.29 is 5.11 Å². The predicted molar refractivity (Wildman–Crippen MR) is 78.3 cm³/mol. The van der Waals surface area contributed by atoms with E-state index in [0.717, 1.165) is 24.2 Å². The van der Waals surface area contributed by atoms with Gasteiger partial charge < -0.3 is 15.3 Å². The number of hydrogen-bond donors (Lipinski definition) is 2. The van der Waals surface area contributed by atoms with Crippen molar-refractivity contribution in [3.05, 3.63) is 23.8 Å². The van der Waals surface area contributed by atoms with Crippen LogP contribution in [0.1, 0.15) is 38.3 Å². The van der Waals surface area contributed by atoms with E-state index in [1.54, 1.807) is 6.07 Å². The van der Waals surface area contributed by atoms with Crippen molar-refractivity contribution in [2.24, 2.45) is 0 Å². The Labute approximate surface area is 115 Å². The van der Waals surface area contributed by atoms with Crippen LogP contribution < -0.4 is 10.2 Å². The summed E-state index contributed by atoms with van der Waals surface area (Å²) in [5.74, 6) is 0.303. The molecule has 19 heavy (non-hydrogen) atoms. The summed E-state index contributed by atoms with van der Waals surface area (Å²) in [6.45, 7) is 5.76. The first kappa shape index (κ1) is 15.3. The van der Waals surface area contributed by atoms with E-state index in [1.807, 2.05) is 31.0 Å². The molecule has 0 aliphatic rings. The molecule has 0 saturated carbocycles. The molecule has 1 aromatic rings. The summed E-state index contributed by atoms with van der Waals surface area (Å²) in [5.41, 5.74) is 1.84. The summed E-state index contributed by atoms with van der Waals surface area (Å²) in [4.78, 5) is 1.97. The summed E-state index contributed by atoms with van der Waals surface area (Å²) >= 11 is 0. The average Bonchev–Trinajstić information content (AvgIpc) is 2.41. The molecule has 4 nitrogen and oxygen atoms in total. The molecule has 0 saturated heterocycles. The third-order valence-corrected chi connectivity index (χ3v) is 3.18. The van der Waals surface area contributed by atoms with Crippen molar-refractivity contribution in [3.8, 4) is 11.8 Å². The van der Waals surface area contributed by atoms with Crippen molar-refractivity contribution in [1.29, 1.82) is 5.26 Å². The van der Waals surface area contributed by atoms with Gasteiger partial charge in [0.25, 0.3) is 0 Å². The number of aromatic hydroxyl groups is 1. The van der Waals surface area contributed by atoms with Gasteiger partial charge in [-0.1, -0.05) is 13.0 Å². The molecule has 1 unspecified atom stereocenters. The maximum absolute atomic E-state index is 10.1. The highest BCUT2D eigenvalue weighted by Gasteiger charge is 2.11. The van der Waals surface area contributed by atoms with Crippen molar-refractivity contribution in [2.45, 2.75) is 32.7 Å². The zero-order chi connectivity index (χ0) is 14.3. The third kappa shape index (κ3) is 4.46. The second kappa shape index (κ2) is 7.65. The number of hydrogen-bond acceptors (Lipinski definition) is 4. The van der Waals surface area contributed by atoms with Crippen molar-refractivity contribution in [3.63, 3.8) is 0 Å². The minimum atomic E-state index is 0.137. The number of anilines is 1. The van der Waals surface area contributed by atoms with Gasteiger partial charge in [-0.2, -0.15) is 5.26 Å². The second-order valence-electron chi connectivity index (χ2n) is 4.75. The van der Waals surface area contributed by atoms with Gasteiger partial charge in [0.15, 0.2) is 0 Å². The summed E-state index contributed by atoms with van der Waals surface area (Å²) in [5, 5.41) is 22.0. The van der Waals surface area contributed by atoms with E-state index in [1.165, 1.54) is 0 Å². The summed E-state index contributed by atoms with van der Waals surface area (Å²) in [6, 6.07) is 7.95. The van der Waals surface area contributed by atoms with E-state index < -0.39 is 0 Å². The Morgan fingerprint density at radius 1 is 1.47 bits per heavy atom. The Morgan fingerprint density at radius 3 is 2.79 bits per heavy atom. The van der Waals surface area contributed by atoms with Crippen LogP contribution in [-0.4, -0.2) is 25.2 Å². The fourth-order valence-electron chi connectivity index (χ4n) is 1.95. The average molecular weight is 261 g/mol. The largest absolute Gasteiger partial charge is 0.508 e. The first-order valence-corrected chi connectivity index (χ1v) is 6.74. The molecule has 1 rings (SSSR count). The van der Waals surface area contributed by atoms with Crippen LogP contribution in [-0.2, 0) is 0 Å². The fourth-order valence-corrected chi connectivity index (χ4v) is 1.95. The maximum Gasteiger partial charge on any atom is 0.122 e. The van der Waals surface area contributed by atoms with Crippen LogP contribution in [0.3, 0.4) is 0 Å². The number of rotatable bonds is 7. The van der Waals surface area contributed by atoms with Gasteiger partial charge in [-0.3, -0.25) is 0 Å². The molecule has 4 heteroatoms. The zero-order valence-corrected chi connectivity index (χ0v) is 12.0. The van der Waals surface area contributed by atoms with Gasteiger partial charge in [0.05, 0.1) is 12.5 Å². The molecular weight excluding hydrogens is 238 g/mol.